The van der Waals surface area contributed by atoms with Gasteiger partial charge in [0, 0.05) is 69.6 Å². The van der Waals surface area contributed by atoms with Gasteiger partial charge < -0.3 is 15.3 Å². The molecule has 2 amide bonds. The van der Waals surface area contributed by atoms with Crippen molar-refractivity contribution in [1.29, 1.82) is 0 Å². The normalized spacial score (nSPS) is 13.9. The summed E-state index contributed by atoms with van der Waals surface area (Å²) in [6, 6.07) is 16.4. The summed E-state index contributed by atoms with van der Waals surface area (Å²) in [5, 5.41) is 12.2. The highest BCUT2D eigenvalue weighted by Gasteiger charge is 2.26. The summed E-state index contributed by atoms with van der Waals surface area (Å²) in [5.74, 6) is -0.206. The van der Waals surface area contributed by atoms with Crippen molar-refractivity contribution in [2.75, 3.05) is 33.7 Å². The highest BCUT2D eigenvalue weighted by molar-refractivity contribution is 7.90. The maximum atomic E-state index is 14.0. The Morgan fingerprint density at radius 1 is 1.00 bits per heavy atom. The summed E-state index contributed by atoms with van der Waals surface area (Å²) < 4.78 is 29.3. The second-order valence-corrected chi connectivity index (χ2v) is 15.5. The predicted octanol–water partition coefficient (Wildman–Crippen LogP) is 4.87. The van der Waals surface area contributed by atoms with Crippen LogP contribution in [0.25, 0.3) is 33.5 Å². The minimum absolute atomic E-state index is 0.0866. The fourth-order valence-electron chi connectivity index (χ4n) is 6.56. The number of rotatable bonds is 10. The number of nitrogens with zero attached hydrogens (tertiary/aromatic N) is 5. The van der Waals surface area contributed by atoms with Crippen LogP contribution in [-0.2, 0) is 27.8 Å². The Balaban J connectivity index is 1.41. The second kappa shape index (κ2) is 14.4. The van der Waals surface area contributed by atoms with E-state index in [1.54, 1.807) is 63.7 Å². The van der Waals surface area contributed by atoms with E-state index >= 15 is 0 Å². The molecule has 0 radical (unpaired) electrons. The second-order valence-electron chi connectivity index (χ2n) is 13.7. The van der Waals surface area contributed by atoms with E-state index in [9.17, 15) is 23.1 Å². The van der Waals surface area contributed by atoms with E-state index in [-0.39, 0.29) is 28.9 Å². The van der Waals surface area contributed by atoms with Crippen LogP contribution < -0.4 is 5.32 Å². The Labute approximate surface area is 299 Å². The smallest absolute Gasteiger partial charge is 0.269 e. The Morgan fingerprint density at radius 3 is 2.41 bits per heavy atom. The van der Waals surface area contributed by atoms with Gasteiger partial charge in [0.05, 0.1) is 22.9 Å². The molecule has 3 heterocycles. The minimum Gasteiger partial charge on any atom is -0.392 e. The van der Waals surface area contributed by atoms with E-state index in [1.165, 1.54) is 14.4 Å². The zero-order valence-corrected chi connectivity index (χ0v) is 30.7. The van der Waals surface area contributed by atoms with Gasteiger partial charge in [-0.15, -0.1) is 0 Å². The van der Waals surface area contributed by atoms with Crippen LogP contribution in [-0.4, -0.2) is 88.9 Å². The van der Waals surface area contributed by atoms with Gasteiger partial charge in [0.15, 0.2) is 5.65 Å². The van der Waals surface area contributed by atoms with Crippen molar-refractivity contribution in [3.63, 3.8) is 0 Å². The maximum absolute atomic E-state index is 14.0. The first-order valence-electron chi connectivity index (χ1n) is 17.1. The molecule has 1 atom stereocenters. The first kappa shape index (κ1) is 35.9. The van der Waals surface area contributed by atoms with Crippen molar-refractivity contribution in [2.24, 2.45) is 0 Å². The number of aliphatic hydroxyl groups excluding tert-OH is 1. The minimum atomic E-state index is -4.03. The highest BCUT2D eigenvalue weighted by Crippen LogP contribution is 2.35. The van der Waals surface area contributed by atoms with Gasteiger partial charge in [0.25, 0.3) is 15.9 Å². The summed E-state index contributed by atoms with van der Waals surface area (Å²) in [7, 11) is -0.619. The lowest BCUT2D eigenvalue weighted by atomic mass is 9.92. The first-order valence-corrected chi connectivity index (χ1v) is 18.5. The summed E-state index contributed by atoms with van der Waals surface area (Å²) >= 11 is 0. The zero-order chi connectivity index (χ0) is 36.6. The molecule has 266 valence electrons. The van der Waals surface area contributed by atoms with E-state index < -0.39 is 16.1 Å². The number of aliphatic hydroxyl groups is 1. The predicted molar refractivity (Wildman–Crippen MR) is 198 cm³/mol. The number of carbonyl (C=O) groups excluding carboxylic acids is 2. The van der Waals surface area contributed by atoms with Gasteiger partial charge in [-0.05, 0) is 92.3 Å². The average Bonchev–Trinajstić information content (AvgIpc) is 3.49. The topological polar surface area (TPSA) is 138 Å². The molecular weight excluding hydrogens is 665 g/mol. The fourth-order valence-corrected chi connectivity index (χ4v) is 7.87. The lowest BCUT2D eigenvalue weighted by molar-refractivity contribution is -0.121. The molecule has 2 aromatic heterocycles. The van der Waals surface area contributed by atoms with Gasteiger partial charge in [-0.3, -0.25) is 14.5 Å². The van der Waals surface area contributed by atoms with E-state index in [4.69, 9.17) is 9.97 Å². The molecular formula is C39H44N6O5S. The zero-order valence-electron chi connectivity index (χ0n) is 29.9. The molecule has 0 fully saturated rings. The number of benzene rings is 3. The van der Waals surface area contributed by atoms with Crippen molar-refractivity contribution in [1.82, 2.24) is 29.1 Å². The quantitative estimate of drug-likeness (QED) is 0.210. The van der Waals surface area contributed by atoms with Crippen molar-refractivity contribution in [3.8, 4) is 22.4 Å². The maximum Gasteiger partial charge on any atom is 0.269 e. The van der Waals surface area contributed by atoms with Gasteiger partial charge >= 0.3 is 0 Å². The largest absolute Gasteiger partial charge is 0.392 e. The molecule has 51 heavy (non-hydrogen) atoms. The molecule has 11 nitrogen and oxygen atoms in total. The molecule has 0 saturated carbocycles. The number of nitrogens with one attached hydrogen (secondary N) is 1. The van der Waals surface area contributed by atoms with Crippen molar-refractivity contribution in [2.45, 2.75) is 58.1 Å². The molecule has 0 spiro atoms. The average molecular weight is 709 g/mol. The number of hydrogen-bond acceptors (Lipinski definition) is 8. The summed E-state index contributed by atoms with van der Waals surface area (Å²) in [4.78, 5) is 38.8. The van der Waals surface area contributed by atoms with Crippen LogP contribution in [0.4, 0.5) is 0 Å². The molecule has 12 heteroatoms. The van der Waals surface area contributed by atoms with Crippen molar-refractivity contribution >= 4 is 33.0 Å². The summed E-state index contributed by atoms with van der Waals surface area (Å²) in [5.41, 5.74) is 9.22. The Bertz CT molecular complexity index is 2240. The molecule has 6 rings (SSSR count). The number of aromatic nitrogens is 3. The van der Waals surface area contributed by atoms with Gasteiger partial charge in [0.2, 0.25) is 5.91 Å². The Kier molecular flexibility index (Phi) is 10.1. The molecule has 0 unspecified atom stereocenters. The van der Waals surface area contributed by atoms with Gasteiger partial charge in [-0.2, -0.15) is 0 Å². The SMILES string of the molecule is Cc1ccc(S(=O)(=O)n2cc(-c3ccc(C(=O)N(C)C)c(C)c3)c3nc(-c4cc(C)c5c(c4)CN(CCC(=O)NC[C@H](C)O)CC5)cnc32)cc1. The molecule has 0 bridgehead atoms. The third kappa shape index (κ3) is 7.44. The molecule has 0 saturated heterocycles. The van der Waals surface area contributed by atoms with E-state index in [0.717, 1.165) is 40.8 Å². The number of fused-ring (bicyclic) bond motifs is 2. The molecule has 5 aromatic rings. The molecule has 0 aliphatic carbocycles. The van der Waals surface area contributed by atoms with E-state index in [2.05, 4.69) is 29.3 Å². The molecule has 3 aromatic carbocycles. The number of hydrogen-bond donors (Lipinski definition) is 2. The molecule has 1 aliphatic heterocycles. The van der Waals surface area contributed by atoms with Crippen LogP contribution in [0.5, 0.6) is 0 Å². The molecule has 2 N–H and O–H groups in total. The van der Waals surface area contributed by atoms with Crippen molar-refractivity contribution < 1.29 is 23.1 Å². The lowest BCUT2D eigenvalue weighted by Gasteiger charge is -2.30. The standard InChI is InChI=1S/C39H44N6O5S/c1-24-7-10-31(11-8-24)51(49,50)45-23-34(28-9-12-33(26(3)17-28)39(48)43(5)6)37-38(45)41-21-35(42-37)29-18-25(2)32-13-15-44(22-30(32)19-29)16-14-36(47)40-20-27(4)46/h7-12,17-19,21,23,27,46H,13-16,20,22H2,1-6H3,(H,40,47)/t27-/m0/s1. The van der Waals surface area contributed by atoms with Crippen molar-refractivity contribution in [3.05, 3.63) is 100 Å². The third-order valence-electron chi connectivity index (χ3n) is 9.40. The van der Waals surface area contributed by atoms with Gasteiger partial charge in [0.1, 0.15) is 5.52 Å². The third-order valence-corrected chi connectivity index (χ3v) is 11.1. The highest BCUT2D eigenvalue weighted by atomic mass is 32.2. The van der Waals surface area contributed by atoms with Crippen LogP contribution in [0, 0.1) is 20.8 Å². The first-order chi connectivity index (χ1) is 24.2. The number of aryl methyl sites for hydroxylation is 3. The van der Waals surface area contributed by atoms with Crippen LogP contribution in [0.15, 0.2) is 71.9 Å². The van der Waals surface area contributed by atoms with Crippen LogP contribution >= 0.6 is 0 Å². The van der Waals surface area contributed by atoms with Crippen LogP contribution in [0.2, 0.25) is 0 Å². The number of carbonyl (C=O) groups is 2. The summed E-state index contributed by atoms with van der Waals surface area (Å²) in [6.45, 7) is 9.85. The Hall–Kier alpha value is -4.91. The molecule has 1 aliphatic rings. The lowest BCUT2D eigenvalue weighted by Crippen LogP contribution is -2.36. The fraction of sp³-hybridized carbons (Fsp3) is 0.333. The summed E-state index contributed by atoms with van der Waals surface area (Å²) in [6.07, 6.45) is 3.80. The monoisotopic (exact) mass is 708 g/mol. The van der Waals surface area contributed by atoms with E-state index in [0.29, 0.717) is 47.4 Å². The van der Waals surface area contributed by atoms with Crippen LogP contribution in [0.1, 0.15) is 51.5 Å². The Morgan fingerprint density at radius 2 is 1.73 bits per heavy atom. The van der Waals surface area contributed by atoms with Crippen LogP contribution in [0.3, 0.4) is 0 Å². The van der Waals surface area contributed by atoms with Gasteiger partial charge in [-0.25, -0.2) is 22.4 Å². The van der Waals surface area contributed by atoms with E-state index in [1.807, 2.05) is 26.0 Å². The van der Waals surface area contributed by atoms with Gasteiger partial charge in [-0.1, -0.05) is 29.8 Å². The number of amides is 2.